The van der Waals surface area contributed by atoms with E-state index in [2.05, 4.69) is 0 Å². The van der Waals surface area contributed by atoms with Gasteiger partial charge in [0, 0.05) is 6.54 Å². The predicted molar refractivity (Wildman–Crippen MR) is 39.1 cm³/mol. The van der Waals surface area contributed by atoms with E-state index in [4.69, 9.17) is 5.11 Å². The Kier molecular flexibility index (Phi) is 2.27. The largest absolute Gasteiger partial charge is 0.389 e. The third kappa shape index (κ3) is 1.42. The van der Waals surface area contributed by atoms with E-state index in [1.54, 1.807) is 11.9 Å². The Morgan fingerprint density at radius 2 is 2.09 bits per heavy atom. The van der Waals surface area contributed by atoms with E-state index in [0.717, 1.165) is 0 Å². The van der Waals surface area contributed by atoms with E-state index in [-0.39, 0.29) is 5.78 Å². The molecule has 0 aliphatic carbocycles. The molecule has 11 heavy (non-hydrogen) atoms. The maximum atomic E-state index is 10.9. The summed E-state index contributed by atoms with van der Waals surface area (Å²) in [6, 6.07) is -0.523. The fourth-order valence-corrected chi connectivity index (χ4v) is 1.54. The molecule has 1 aliphatic rings. The van der Waals surface area contributed by atoms with Crippen LogP contribution in [0.5, 0.6) is 0 Å². The number of hydrogen-bond acceptors (Lipinski definition) is 4. The Balaban J connectivity index is 2.71. The fourth-order valence-electron chi connectivity index (χ4n) is 1.54. The third-order valence-electron chi connectivity index (χ3n) is 2.08. The van der Waals surface area contributed by atoms with Crippen LogP contribution in [0.2, 0.25) is 0 Å². The van der Waals surface area contributed by atoms with Crippen molar-refractivity contribution in [3.63, 3.8) is 0 Å². The maximum Gasteiger partial charge on any atom is 0.149 e. The smallest absolute Gasteiger partial charge is 0.149 e. The number of hydrogen-bond donors (Lipinski definition) is 2. The number of ketones is 1. The highest BCUT2D eigenvalue weighted by Crippen LogP contribution is 2.16. The lowest BCUT2D eigenvalue weighted by molar-refractivity contribution is -0.123. The average Bonchev–Trinajstić information content (AvgIpc) is 2.07. The minimum Gasteiger partial charge on any atom is -0.389 e. The zero-order valence-corrected chi connectivity index (χ0v) is 6.69. The number of carbonyl (C=O) groups is 1. The van der Waals surface area contributed by atoms with Crippen LogP contribution >= 0.6 is 0 Å². The standard InChI is InChI=1S/C7H13NO3/c1-4(9)6-7(11)5(10)3-8(6)2/h5-7,10-11H,3H2,1-2H3/t5-,6+,7+/m0/s1. The average molecular weight is 159 g/mol. The number of carbonyl (C=O) groups excluding carboxylic acids is 1. The van der Waals surface area contributed by atoms with Gasteiger partial charge in [0.1, 0.15) is 11.9 Å². The van der Waals surface area contributed by atoms with Crippen molar-refractivity contribution in [3.8, 4) is 0 Å². The Hall–Kier alpha value is -0.450. The molecule has 4 heteroatoms. The monoisotopic (exact) mass is 159 g/mol. The molecule has 1 aliphatic heterocycles. The van der Waals surface area contributed by atoms with Gasteiger partial charge in [-0.25, -0.2) is 0 Å². The predicted octanol–water partition coefficient (Wildman–Crippen LogP) is -1.39. The van der Waals surface area contributed by atoms with Crippen LogP contribution in [0.25, 0.3) is 0 Å². The van der Waals surface area contributed by atoms with Crippen molar-refractivity contribution in [3.05, 3.63) is 0 Å². The molecule has 2 N–H and O–H groups in total. The Morgan fingerprint density at radius 3 is 2.27 bits per heavy atom. The normalized spacial score (nSPS) is 39.5. The summed E-state index contributed by atoms with van der Waals surface area (Å²) in [6.45, 7) is 1.79. The molecule has 0 amide bonds. The molecule has 4 nitrogen and oxygen atoms in total. The summed E-state index contributed by atoms with van der Waals surface area (Å²) in [6.07, 6.45) is -1.70. The Bertz CT molecular complexity index is 171. The maximum absolute atomic E-state index is 10.9. The molecule has 1 rings (SSSR count). The molecule has 1 fully saturated rings. The molecule has 64 valence electrons. The molecule has 0 unspecified atom stereocenters. The van der Waals surface area contributed by atoms with Crippen molar-refractivity contribution in [1.29, 1.82) is 0 Å². The molecule has 1 saturated heterocycles. The third-order valence-corrected chi connectivity index (χ3v) is 2.08. The molecule has 0 aromatic rings. The van der Waals surface area contributed by atoms with Crippen molar-refractivity contribution in [2.45, 2.75) is 25.2 Å². The van der Waals surface area contributed by atoms with Gasteiger partial charge in [-0.3, -0.25) is 9.69 Å². The van der Waals surface area contributed by atoms with Crippen LogP contribution in [0, 0.1) is 0 Å². The first-order valence-corrected chi connectivity index (χ1v) is 3.61. The van der Waals surface area contributed by atoms with Gasteiger partial charge in [-0.15, -0.1) is 0 Å². The molecule has 0 aromatic heterocycles. The minimum absolute atomic E-state index is 0.100. The first-order valence-electron chi connectivity index (χ1n) is 3.61. The Morgan fingerprint density at radius 1 is 1.55 bits per heavy atom. The molecular formula is C7H13NO3. The SMILES string of the molecule is CC(=O)[C@@H]1[C@H](O)[C@@H](O)CN1C. The first-order chi connectivity index (χ1) is 5.04. The number of rotatable bonds is 1. The number of Topliss-reactive ketones (excluding diaryl/α,β-unsaturated/α-hetero) is 1. The van der Waals surface area contributed by atoms with E-state index >= 15 is 0 Å². The zero-order chi connectivity index (χ0) is 8.59. The van der Waals surface area contributed by atoms with Gasteiger partial charge in [0.25, 0.3) is 0 Å². The van der Waals surface area contributed by atoms with Gasteiger partial charge in [-0.2, -0.15) is 0 Å². The molecule has 0 bridgehead atoms. The molecule has 0 saturated carbocycles. The molecular weight excluding hydrogens is 146 g/mol. The molecule has 0 spiro atoms. The second-order valence-corrected chi connectivity index (χ2v) is 3.05. The topological polar surface area (TPSA) is 60.8 Å². The number of β-amino-alcohol motifs (C(OH)–C–C–N with tert-alkyl or cyclic N) is 1. The molecule has 3 atom stereocenters. The van der Waals surface area contributed by atoms with Crippen LogP contribution in [-0.4, -0.2) is 52.7 Å². The van der Waals surface area contributed by atoms with Crippen LogP contribution in [0.3, 0.4) is 0 Å². The van der Waals surface area contributed by atoms with Crippen molar-refractivity contribution in [1.82, 2.24) is 4.90 Å². The summed E-state index contributed by atoms with van der Waals surface area (Å²) >= 11 is 0. The van der Waals surface area contributed by atoms with Gasteiger partial charge in [0.15, 0.2) is 0 Å². The highest BCUT2D eigenvalue weighted by molar-refractivity contribution is 5.82. The summed E-state index contributed by atoms with van der Waals surface area (Å²) in [5, 5.41) is 18.4. The summed E-state index contributed by atoms with van der Waals surface area (Å²) in [5.41, 5.74) is 0. The quantitative estimate of drug-likeness (QED) is 0.494. The lowest BCUT2D eigenvalue weighted by atomic mass is 10.1. The van der Waals surface area contributed by atoms with Crippen LogP contribution < -0.4 is 0 Å². The Labute approximate surface area is 65.4 Å². The van der Waals surface area contributed by atoms with Gasteiger partial charge in [-0.1, -0.05) is 0 Å². The number of likely N-dealkylation sites (N-methyl/N-ethyl adjacent to an activating group) is 1. The van der Waals surface area contributed by atoms with E-state index in [1.807, 2.05) is 0 Å². The highest BCUT2D eigenvalue weighted by Gasteiger charge is 2.40. The summed E-state index contributed by atoms with van der Waals surface area (Å²) in [5.74, 6) is -0.100. The van der Waals surface area contributed by atoms with Crippen molar-refractivity contribution in [2.24, 2.45) is 0 Å². The van der Waals surface area contributed by atoms with Gasteiger partial charge < -0.3 is 10.2 Å². The number of nitrogens with zero attached hydrogens (tertiary/aromatic N) is 1. The second kappa shape index (κ2) is 2.89. The number of likely N-dealkylation sites (tertiary alicyclic amines) is 1. The van der Waals surface area contributed by atoms with Gasteiger partial charge >= 0.3 is 0 Å². The van der Waals surface area contributed by atoms with Crippen molar-refractivity contribution >= 4 is 5.78 Å². The van der Waals surface area contributed by atoms with Gasteiger partial charge in [-0.05, 0) is 14.0 Å². The fraction of sp³-hybridized carbons (Fsp3) is 0.857. The van der Waals surface area contributed by atoms with Crippen LogP contribution in [0.4, 0.5) is 0 Å². The number of aliphatic hydroxyl groups excluding tert-OH is 2. The van der Waals surface area contributed by atoms with Crippen LogP contribution in [0.1, 0.15) is 6.92 Å². The molecule has 1 heterocycles. The molecule has 0 aromatic carbocycles. The van der Waals surface area contributed by atoms with E-state index in [1.165, 1.54) is 6.92 Å². The van der Waals surface area contributed by atoms with Gasteiger partial charge in [0.05, 0.1) is 12.1 Å². The summed E-state index contributed by atoms with van der Waals surface area (Å²) in [4.78, 5) is 12.6. The summed E-state index contributed by atoms with van der Waals surface area (Å²) in [7, 11) is 1.71. The highest BCUT2D eigenvalue weighted by atomic mass is 16.3. The van der Waals surface area contributed by atoms with E-state index < -0.39 is 18.2 Å². The minimum atomic E-state index is -0.919. The van der Waals surface area contributed by atoms with Crippen molar-refractivity contribution in [2.75, 3.05) is 13.6 Å². The first kappa shape index (κ1) is 8.64. The van der Waals surface area contributed by atoms with E-state index in [9.17, 15) is 9.90 Å². The molecule has 0 radical (unpaired) electrons. The van der Waals surface area contributed by atoms with Crippen LogP contribution in [0.15, 0.2) is 0 Å². The van der Waals surface area contributed by atoms with Crippen LogP contribution in [-0.2, 0) is 4.79 Å². The number of aliphatic hydroxyl groups is 2. The van der Waals surface area contributed by atoms with E-state index in [0.29, 0.717) is 6.54 Å². The second-order valence-electron chi connectivity index (χ2n) is 3.05. The lowest BCUT2D eigenvalue weighted by Crippen LogP contribution is -2.39. The van der Waals surface area contributed by atoms with Gasteiger partial charge in [0.2, 0.25) is 0 Å². The van der Waals surface area contributed by atoms with Crippen molar-refractivity contribution < 1.29 is 15.0 Å². The lowest BCUT2D eigenvalue weighted by Gasteiger charge is -2.17. The zero-order valence-electron chi connectivity index (χ0n) is 6.69. The summed E-state index contributed by atoms with van der Waals surface area (Å²) < 4.78 is 0.